The Morgan fingerprint density at radius 2 is 2.07 bits per heavy atom. The molecule has 0 saturated carbocycles. The maximum absolute atomic E-state index is 11.8. The topological polar surface area (TPSA) is 58.6 Å². The normalized spacial score (nSPS) is 20.2. The first-order valence-electron chi connectivity index (χ1n) is 3.96. The predicted molar refractivity (Wildman–Crippen MR) is 39.9 cm³/mol. The van der Waals surface area contributed by atoms with E-state index in [0.29, 0.717) is 0 Å². The zero-order valence-corrected chi connectivity index (χ0v) is 7.23. The quantitative estimate of drug-likeness (QED) is 0.708. The number of nitrogens with one attached hydrogen (secondary N) is 1. The van der Waals surface area contributed by atoms with Crippen molar-refractivity contribution in [1.82, 2.24) is 5.32 Å². The molecule has 1 saturated heterocycles. The molecule has 0 aromatic rings. The van der Waals surface area contributed by atoms with Crippen LogP contribution in [0, 0.1) is 0 Å². The van der Waals surface area contributed by atoms with Crippen molar-refractivity contribution in [2.45, 2.75) is 18.2 Å². The van der Waals surface area contributed by atoms with Gasteiger partial charge in [-0.25, -0.2) is 0 Å². The maximum atomic E-state index is 11.8. The van der Waals surface area contributed by atoms with Crippen molar-refractivity contribution in [2.24, 2.45) is 0 Å². The number of carboxylic acid groups (broad SMARTS) is 1. The molecule has 1 fully saturated rings. The van der Waals surface area contributed by atoms with E-state index in [1.54, 1.807) is 0 Å². The smallest absolute Gasteiger partial charge is 0.411 e. The summed E-state index contributed by atoms with van der Waals surface area (Å²) < 4.78 is 39.9. The fourth-order valence-corrected chi connectivity index (χ4v) is 1.19. The molecule has 2 N–H and O–H groups in total. The molecule has 82 valence electrons. The molecule has 0 radical (unpaired) electrons. The average Bonchev–Trinajstić information content (AvgIpc) is 1.92. The van der Waals surface area contributed by atoms with Crippen molar-refractivity contribution in [2.75, 3.05) is 19.7 Å². The van der Waals surface area contributed by atoms with Gasteiger partial charge in [-0.15, -0.1) is 0 Å². The highest BCUT2D eigenvalue weighted by Crippen LogP contribution is 2.25. The number of hydrogen-bond acceptors (Lipinski definition) is 3. The lowest BCUT2D eigenvalue weighted by Crippen LogP contribution is -2.62. The number of carbonyl (C=O) groups is 1. The van der Waals surface area contributed by atoms with Crippen molar-refractivity contribution in [3.63, 3.8) is 0 Å². The van der Waals surface area contributed by atoms with Crippen LogP contribution in [0.4, 0.5) is 13.2 Å². The number of carboxylic acids is 1. The van der Waals surface area contributed by atoms with Crippen molar-refractivity contribution < 1.29 is 27.8 Å². The van der Waals surface area contributed by atoms with E-state index in [-0.39, 0.29) is 13.1 Å². The van der Waals surface area contributed by atoms with E-state index in [9.17, 15) is 18.0 Å². The Labute approximate surface area is 78.0 Å². The Morgan fingerprint density at radius 3 is 2.36 bits per heavy atom. The Morgan fingerprint density at radius 1 is 1.50 bits per heavy atom. The summed E-state index contributed by atoms with van der Waals surface area (Å²) in [6, 6.07) is 0. The van der Waals surface area contributed by atoms with E-state index >= 15 is 0 Å². The lowest BCUT2D eigenvalue weighted by molar-refractivity contribution is -0.217. The van der Waals surface area contributed by atoms with Gasteiger partial charge in [0, 0.05) is 13.1 Å². The first-order valence-corrected chi connectivity index (χ1v) is 3.96. The first-order chi connectivity index (χ1) is 6.33. The van der Waals surface area contributed by atoms with Crippen LogP contribution in [0.5, 0.6) is 0 Å². The molecule has 1 heterocycles. The molecule has 1 aliphatic heterocycles. The largest absolute Gasteiger partial charge is 0.481 e. The van der Waals surface area contributed by atoms with Crippen molar-refractivity contribution in [1.29, 1.82) is 0 Å². The Balaban J connectivity index is 2.42. The third-order valence-corrected chi connectivity index (χ3v) is 1.91. The number of aliphatic carboxylic acids is 1. The highest BCUT2D eigenvalue weighted by atomic mass is 19.4. The summed E-state index contributed by atoms with van der Waals surface area (Å²) in [5, 5.41) is 11.1. The highest BCUT2D eigenvalue weighted by molar-refractivity contribution is 5.68. The van der Waals surface area contributed by atoms with Crippen LogP contribution < -0.4 is 5.32 Å². The molecule has 0 spiro atoms. The molecule has 1 rings (SSSR count). The van der Waals surface area contributed by atoms with Crippen LogP contribution in [-0.4, -0.2) is 42.5 Å². The zero-order chi connectivity index (χ0) is 10.8. The van der Waals surface area contributed by atoms with Crippen molar-refractivity contribution in [3.05, 3.63) is 0 Å². The number of alkyl halides is 3. The molecule has 0 aromatic carbocycles. The minimum absolute atomic E-state index is 0.148. The van der Waals surface area contributed by atoms with Gasteiger partial charge in [-0.3, -0.25) is 4.79 Å². The Kier molecular flexibility index (Phi) is 3.01. The summed E-state index contributed by atoms with van der Waals surface area (Å²) >= 11 is 0. The summed E-state index contributed by atoms with van der Waals surface area (Å²) in [6.07, 6.45) is -4.82. The number of ether oxygens (including phenoxy) is 1. The SMILES string of the molecule is O=C(O)CC1(OCC(F)(F)F)CNC1. The molecule has 1 aliphatic rings. The molecular weight excluding hydrogens is 203 g/mol. The Bertz CT molecular complexity index is 225. The number of rotatable bonds is 4. The minimum Gasteiger partial charge on any atom is -0.481 e. The molecule has 0 unspecified atom stereocenters. The van der Waals surface area contributed by atoms with Crippen molar-refractivity contribution in [3.8, 4) is 0 Å². The summed E-state index contributed by atoms with van der Waals surface area (Å²) in [6.45, 7) is -1.10. The van der Waals surface area contributed by atoms with Crippen molar-refractivity contribution >= 4 is 5.97 Å². The van der Waals surface area contributed by atoms with E-state index in [1.807, 2.05) is 0 Å². The van der Waals surface area contributed by atoms with Gasteiger partial charge in [0.1, 0.15) is 12.2 Å². The maximum Gasteiger partial charge on any atom is 0.411 e. The van der Waals surface area contributed by atoms with Gasteiger partial charge in [-0.05, 0) is 0 Å². The summed E-state index contributed by atoms with van der Waals surface area (Å²) in [4.78, 5) is 10.3. The number of halogens is 3. The molecule has 4 nitrogen and oxygen atoms in total. The molecule has 0 bridgehead atoms. The molecule has 0 aromatic heterocycles. The third-order valence-electron chi connectivity index (χ3n) is 1.91. The van der Waals surface area contributed by atoms with E-state index < -0.39 is 30.8 Å². The van der Waals surface area contributed by atoms with E-state index in [2.05, 4.69) is 10.1 Å². The van der Waals surface area contributed by atoms with Gasteiger partial charge in [0.25, 0.3) is 0 Å². The monoisotopic (exact) mass is 213 g/mol. The van der Waals surface area contributed by atoms with Gasteiger partial charge in [0.05, 0.1) is 6.42 Å². The van der Waals surface area contributed by atoms with Gasteiger partial charge in [0.15, 0.2) is 0 Å². The molecule has 0 aliphatic carbocycles. The molecule has 0 amide bonds. The lowest BCUT2D eigenvalue weighted by Gasteiger charge is -2.41. The van der Waals surface area contributed by atoms with Crippen LogP contribution in [0.1, 0.15) is 6.42 Å². The lowest BCUT2D eigenvalue weighted by atomic mass is 9.93. The molecule has 7 heteroatoms. The van der Waals surface area contributed by atoms with Gasteiger partial charge in [-0.2, -0.15) is 13.2 Å². The first kappa shape index (κ1) is 11.3. The van der Waals surface area contributed by atoms with Crippen LogP contribution in [-0.2, 0) is 9.53 Å². The van der Waals surface area contributed by atoms with Crippen LogP contribution in [0.3, 0.4) is 0 Å². The highest BCUT2D eigenvalue weighted by Gasteiger charge is 2.43. The van der Waals surface area contributed by atoms with Gasteiger partial charge in [0.2, 0.25) is 0 Å². The van der Waals surface area contributed by atoms with Crippen LogP contribution in [0.15, 0.2) is 0 Å². The molecule has 14 heavy (non-hydrogen) atoms. The second kappa shape index (κ2) is 3.74. The van der Waals surface area contributed by atoms with Crippen LogP contribution in [0.25, 0.3) is 0 Å². The van der Waals surface area contributed by atoms with E-state index in [1.165, 1.54) is 0 Å². The second-order valence-electron chi connectivity index (χ2n) is 3.26. The summed E-state index contributed by atoms with van der Waals surface area (Å²) in [5.74, 6) is -1.16. The fraction of sp³-hybridized carbons (Fsp3) is 0.857. The standard InChI is InChI=1S/C7H10F3NO3/c8-7(9,10)4-14-6(1-5(12)13)2-11-3-6/h11H,1-4H2,(H,12,13). The van der Waals surface area contributed by atoms with Gasteiger partial charge >= 0.3 is 12.1 Å². The van der Waals surface area contributed by atoms with Gasteiger partial charge < -0.3 is 15.2 Å². The fourth-order valence-electron chi connectivity index (χ4n) is 1.19. The second-order valence-corrected chi connectivity index (χ2v) is 3.26. The predicted octanol–water partition coefficient (Wildman–Crippen LogP) is 0.382. The summed E-state index contributed by atoms with van der Waals surface area (Å²) in [7, 11) is 0. The molecular formula is C7H10F3NO3. The number of hydrogen-bond donors (Lipinski definition) is 2. The minimum atomic E-state index is -4.42. The van der Waals surface area contributed by atoms with Crippen LogP contribution in [0.2, 0.25) is 0 Å². The third kappa shape index (κ3) is 3.15. The average molecular weight is 213 g/mol. The summed E-state index contributed by atoms with van der Waals surface area (Å²) in [5.41, 5.74) is -1.18. The van der Waals surface area contributed by atoms with E-state index in [0.717, 1.165) is 0 Å². The molecule has 0 atom stereocenters. The van der Waals surface area contributed by atoms with Gasteiger partial charge in [-0.1, -0.05) is 0 Å². The zero-order valence-electron chi connectivity index (χ0n) is 7.23. The van der Waals surface area contributed by atoms with E-state index in [4.69, 9.17) is 5.11 Å². The van der Waals surface area contributed by atoms with Crippen LogP contribution >= 0.6 is 0 Å². The Hall–Kier alpha value is -0.820.